The van der Waals surface area contributed by atoms with Gasteiger partial charge in [-0.2, -0.15) is 0 Å². The zero-order valence-corrected chi connectivity index (χ0v) is 11.3. The second-order valence-electron chi connectivity index (χ2n) is 4.48. The normalized spacial score (nSPS) is 19.6. The van der Waals surface area contributed by atoms with E-state index in [0.717, 1.165) is 18.8 Å². The van der Waals surface area contributed by atoms with Gasteiger partial charge in [0.15, 0.2) is 0 Å². The van der Waals surface area contributed by atoms with Crippen LogP contribution in [-0.2, 0) is 6.42 Å². The number of hydrogen-bond donors (Lipinski definition) is 1. The topological polar surface area (TPSA) is 26.0 Å². The third-order valence-corrected chi connectivity index (χ3v) is 5.11. The van der Waals surface area contributed by atoms with Crippen molar-refractivity contribution >= 4 is 27.3 Å². The Balaban J connectivity index is 1.77. The highest BCUT2D eigenvalue weighted by molar-refractivity contribution is 9.10. The minimum absolute atomic E-state index is 0.424. The Morgan fingerprint density at radius 3 is 2.80 bits per heavy atom. The molecule has 1 fully saturated rings. The molecular formula is C12H18BrNS. The van der Waals surface area contributed by atoms with Gasteiger partial charge in [-0.05, 0) is 53.6 Å². The molecule has 0 aromatic carbocycles. The molecule has 1 nitrogen and oxygen atoms in total. The van der Waals surface area contributed by atoms with Crippen LogP contribution in [0.3, 0.4) is 0 Å². The van der Waals surface area contributed by atoms with Gasteiger partial charge in [-0.15, -0.1) is 11.3 Å². The van der Waals surface area contributed by atoms with Crippen LogP contribution in [0.4, 0.5) is 0 Å². The minimum atomic E-state index is 0.424. The number of thiophene rings is 1. The molecule has 84 valence electrons. The van der Waals surface area contributed by atoms with Gasteiger partial charge in [-0.1, -0.05) is 12.8 Å². The fourth-order valence-electron chi connectivity index (χ4n) is 2.42. The Hall–Kier alpha value is 0.140. The van der Waals surface area contributed by atoms with Crippen LogP contribution in [0.2, 0.25) is 0 Å². The molecule has 1 heterocycles. The molecule has 0 radical (unpaired) electrons. The molecule has 2 N–H and O–H groups in total. The summed E-state index contributed by atoms with van der Waals surface area (Å²) in [5.74, 6) is 0.799. The average Bonchev–Trinajstić information content (AvgIpc) is 2.84. The van der Waals surface area contributed by atoms with Gasteiger partial charge in [0.2, 0.25) is 0 Å². The van der Waals surface area contributed by atoms with Crippen molar-refractivity contribution < 1.29 is 0 Å². The van der Waals surface area contributed by atoms with Gasteiger partial charge < -0.3 is 5.73 Å². The summed E-state index contributed by atoms with van der Waals surface area (Å²) in [6.07, 6.45) is 7.79. The first kappa shape index (κ1) is 11.6. The van der Waals surface area contributed by atoms with Crippen LogP contribution >= 0.6 is 27.3 Å². The van der Waals surface area contributed by atoms with E-state index in [2.05, 4.69) is 27.4 Å². The van der Waals surface area contributed by atoms with Crippen LogP contribution in [0.15, 0.2) is 15.9 Å². The SMILES string of the molecule is NC(CCc1cc(Br)cs1)C1CCCC1. The van der Waals surface area contributed by atoms with Gasteiger partial charge in [0.05, 0.1) is 0 Å². The van der Waals surface area contributed by atoms with Crippen LogP contribution in [0.1, 0.15) is 37.0 Å². The molecule has 0 saturated heterocycles. The van der Waals surface area contributed by atoms with Crippen molar-refractivity contribution in [2.75, 3.05) is 0 Å². The monoisotopic (exact) mass is 287 g/mol. The van der Waals surface area contributed by atoms with Gasteiger partial charge in [-0.25, -0.2) is 0 Å². The van der Waals surface area contributed by atoms with Crippen molar-refractivity contribution in [3.63, 3.8) is 0 Å². The fraction of sp³-hybridized carbons (Fsp3) is 0.667. The van der Waals surface area contributed by atoms with E-state index < -0.39 is 0 Å². The van der Waals surface area contributed by atoms with E-state index in [1.807, 2.05) is 11.3 Å². The number of nitrogens with two attached hydrogens (primary N) is 1. The summed E-state index contributed by atoms with van der Waals surface area (Å²) in [5, 5.41) is 2.15. The van der Waals surface area contributed by atoms with Crippen molar-refractivity contribution in [3.05, 3.63) is 20.8 Å². The standard InChI is InChI=1S/C12H18BrNS/c13-10-7-11(15-8-10)5-6-12(14)9-3-1-2-4-9/h7-9,12H,1-6,14H2. The fourth-order valence-corrected chi connectivity index (χ4v) is 3.89. The Morgan fingerprint density at radius 2 is 2.20 bits per heavy atom. The van der Waals surface area contributed by atoms with Gasteiger partial charge in [0.25, 0.3) is 0 Å². The quantitative estimate of drug-likeness (QED) is 0.891. The number of hydrogen-bond acceptors (Lipinski definition) is 2. The summed E-state index contributed by atoms with van der Waals surface area (Å²) in [4.78, 5) is 1.45. The Kier molecular flexibility index (Phi) is 4.23. The molecule has 1 aromatic heterocycles. The lowest BCUT2D eigenvalue weighted by atomic mass is 9.95. The summed E-state index contributed by atoms with van der Waals surface area (Å²) in [5.41, 5.74) is 6.23. The Labute approximate surface area is 104 Å². The van der Waals surface area contributed by atoms with E-state index >= 15 is 0 Å². The van der Waals surface area contributed by atoms with Crippen molar-refractivity contribution in [2.24, 2.45) is 11.7 Å². The van der Waals surface area contributed by atoms with Crippen molar-refractivity contribution in [1.29, 1.82) is 0 Å². The van der Waals surface area contributed by atoms with E-state index in [-0.39, 0.29) is 0 Å². The summed E-state index contributed by atoms with van der Waals surface area (Å²) in [7, 11) is 0. The molecular weight excluding hydrogens is 270 g/mol. The second kappa shape index (κ2) is 5.46. The van der Waals surface area contributed by atoms with E-state index in [0.29, 0.717) is 6.04 Å². The molecule has 15 heavy (non-hydrogen) atoms. The number of rotatable bonds is 4. The van der Waals surface area contributed by atoms with Gasteiger partial charge in [0, 0.05) is 20.8 Å². The molecule has 1 aromatic rings. The molecule has 0 aliphatic heterocycles. The smallest absolute Gasteiger partial charge is 0.0285 e. The third kappa shape index (κ3) is 3.30. The first-order valence-electron chi connectivity index (χ1n) is 5.74. The van der Waals surface area contributed by atoms with E-state index in [9.17, 15) is 0 Å². The molecule has 0 spiro atoms. The molecule has 1 aliphatic rings. The predicted octanol–water partition coefficient (Wildman–Crippen LogP) is 3.96. The summed E-state index contributed by atoms with van der Waals surface area (Å²) in [6.45, 7) is 0. The van der Waals surface area contributed by atoms with Crippen LogP contribution in [0.25, 0.3) is 0 Å². The molecule has 0 amide bonds. The van der Waals surface area contributed by atoms with Gasteiger partial charge in [0.1, 0.15) is 0 Å². The average molecular weight is 288 g/mol. The van der Waals surface area contributed by atoms with E-state index in [1.165, 1.54) is 35.0 Å². The Morgan fingerprint density at radius 1 is 1.47 bits per heavy atom. The maximum absolute atomic E-state index is 6.23. The molecule has 1 unspecified atom stereocenters. The molecule has 3 heteroatoms. The highest BCUT2D eigenvalue weighted by Gasteiger charge is 2.21. The molecule has 0 bridgehead atoms. The first-order chi connectivity index (χ1) is 7.25. The largest absolute Gasteiger partial charge is 0.327 e. The van der Waals surface area contributed by atoms with Crippen LogP contribution < -0.4 is 5.73 Å². The lowest BCUT2D eigenvalue weighted by Crippen LogP contribution is -2.28. The first-order valence-corrected chi connectivity index (χ1v) is 7.41. The third-order valence-electron chi connectivity index (χ3n) is 3.35. The highest BCUT2D eigenvalue weighted by Crippen LogP contribution is 2.29. The second-order valence-corrected chi connectivity index (χ2v) is 6.39. The van der Waals surface area contributed by atoms with Crippen LogP contribution in [-0.4, -0.2) is 6.04 Å². The van der Waals surface area contributed by atoms with Crippen LogP contribution in [0, 0.1) is 5.92 Å². The molecule has 1 aliphatic carbocycles. The van der Waals surface area contributed by atoms with Crippen molar-refractivity contribution in [3.8, 4) is 0 Å². The van der Waals surface area contributed by atoms with Crippen LogP contribution in [0.5, 0.6) is 0 Å². The van der Waals surface area contributed by atoms with Gasteiger partial charge >= 0.3 is 0 Å². The summed E-state index contributed by atoms with van der Waals surface area (Å²) in [6, 6.07) is 2.64. The minimum Gasteiger partial charge on any atom is -0.327 e. The molecule has 2 rings (SSSR count). The summed E-state index contributed by atoms with van der Waals surface area (Å²) < 4.78 is 1.21. The van der Waals surface area contributed by atoms with Crippen molar-refractivity contribution in [2.45, 2.75) is 44.6 Å². The summed E-state index contributed by atoms with van der Waals surface area (Å²) >= 11 is 5.32. The van der Waals surface area contributed by atoms with Gasteiger partial charge in [-0.3, -0.25) is 0 Å². The van der Waals surface area contributed by atoms with Crippen molar-refractivity contribution in [1.82, 2.24) is 0 Å². The zero-order chi connectivity index (χ0) is 10.7. The predicted molar refractivity (Wildman–Crippen MR) is 70.3 cm³/mol. The molecule has 1 saturated carbocycles. The Bertz CT molecular complexity index is 304. The zero-order valence-electron chi connectivity index (χ0n) is 8.92. The van der Waals surface area contributed by atoms with E-state index in [4.69, 9.17) is 5.73 Å². The lowest BCUT2D eigenvalue weighted by molar-refractivity contribution is 0.411. The molecule has 1 atom stereocenters. The maximum Gasteiger partial charge on any atom is 0.0285 e. The highest BCUT2D eigenvalue weighted by atomic mass is 79.9. The maximum atomic E-state index is 6.23. The van der Waals surface area contributed by atoms with E-state index in [1.54, 1.807) is 0 Å². The number of halogens is 1. The number of aryl methyl sites for hydroxylation is 1. The lowest BCUT2D eigenvalue weighted by Gasteiger charge is -2.17.